The topological polar surface area (TPSA) is 38.0 Å². The lowest BCUT2D eigenvalue weighted by Crippen LogP contribution is -2.44. The molecule has 1 atom stereocenters. The molecule has 112 valence electrons. The Morgan fingerprint density at radius 1 is 1.05 bits per heavy atom. The molecule has 3 N–H and O–H groups in total. The molecule has 0 aromatic carbocycles. The zero-order valence-corrected chi connectivity index (χ0v) is 13.3. The number of hydrogen-bond donors (Lipinski definition) is 2. The second-order valence-electron chi connectivity index (χ2n) is 8.01. The van der Waals surface area contributed by atoms with Crippen LogP contribution in [0.1, 0.15) is 65.7 Å². The first-order chi connectivity index (χ1) is 9.00. The fourth-order valence-corrected chi connectivity index (χ4v) is 3.71. The molecular weight excluding hydrogens is 232 g/mol. The van der Waals surface area contributed by atoms with Crippen LogP contribution in [0.15, 0.2) is 0 Å². The monoisotopic (exact) mass is 266 g/mol. The molecule has 0 heterocycles. The van der Waals surface area contributed by atoms with Gasteiger partial charge in [-0.3, -0.25) is 0 Å². The zero-order valence-electron chi connectivity index (χ0n) is 13.3. The Kier molecular flexibility index (Phi) is 5.30. The normalized spacial score (nSPS) is 30.3. The highest BCUT2D eigenvalue weighted by molar-refractivity contribution is 4.86. The molecule has 0 aromatic heterocycles. The van der Waals surface area contributed by atoms with E-state index in [0.29, 0.717) is 11.5 Å². The van der Waals surface area contributed by atoms with Gasteiger partial charge >= 0.3 is 0 Å². The number of rotatable bonds is 6. The van der Waals surface area contributed by atoms with E-state index in [1.54, 1.807) is 0 Å². The molecule has 0 saturated heterocycles. The number of nitrogens with two attached hydrogens (primary N) is 1. The quantitative estimate of drug-likeness (QED) is 0.771. The Morgan fingerprint density at radius 3 is 2.16 bits per heavy atom. The summed E-state index contributed by atoms with van der Waals surface area (Å²) in [7, 11) is 0. The Balaban J connectivity index is 1.71. The van der Waals surface area contributed by atoms with E-state index < -0.39 is 0 Å². The van der Waals surface area contributed by atoms with E-state index in [4.69, 9.17) is 5.73 Å². The van der Waals surface area contributed by atoms with E-state index in [-0.39, 0.29) is 0 Å². The fraction of sp³-hybridized carbons (Fsp3) is 1.00. The van der Waals surface area contributed by atoms with Crippen LogP contribution >= 0.6 is 0 Å². The van der Waals surface area contributed by atoms with Crippen molar-refractivity contribution in [1.29, 1.82) is 0 Å². The van der Waals surface area contributed by atoms with Gasteiger partial charge in [0.15, 0.2) is 0 Å². The third kappa shape index (κ3) is 4.75. The molecule has 2 heteroatoms. The summed E-state index contributed by atoms with van der Waals surface area (Å²) in [5, 5.41) is 3.74. The molecule has 0 aromatic rings. The van der Waals surface area contributed by atoms with E-state index in [0.717, 1.165) is 24.3 Å². The van der Waals surface area contributed by atoms with Gasteiger partial charge in [-0.15, -0.1) is 0 Å². The van der Waals surface area contributed by atoms with Crippen LogP contribution in [0.4, 0.5) is 0 Å². The molecule has 2 aliphatic rings. The Morgan fingerprint density at radius 2 is 1.68 bits per heavy atom. The molecule has 0 aliphatic heterocycles. The highest BCUT2D eigenvalue weighted by Gasteiger charge is 2.32. The van der Waals surface area contributed by atoms with Crippen molar-refractivity contribution in [1.82, 2.24) is 5.32 Å². The summed E-state index contributed by atoms with van der Waals surface area (Å²) in [6.07, 6.45) is 9.84. The third-order valence-electron chi connectivity index (χ3n) is 5.48. The molecule has 0 radical (unpaired) electrons. The summed E-state index contributed by atoms with van der Waals surface area (Å²) >= 11 is 0. The number of hydrogen-bond acceptors (Lipinski definition) is 2. The molecule has 0 amide bonds. The van der Waals surface area contributed by atoms with Crippen LogP contribution < -0.4 is 11.1 Å². The minimum atomic E-state index is 0.489. The van der Waals surface area contributed by atoms with Gasteiger partial charge in [0.2, 0.25) is 0 Å². The maximum absolute atomic E-state index is 5.99. The fourth-order valence-electron chi connectivity index (χ4n) is 3.71. The molecule has 0 bridgehead atoms. The van der Waals surface area contributed by atoms with Crippen molar-refractivity contribution in [2.75, 3.05) is 13.1 Å². The molecule has 0 spiro atoms. The van der Waals surface area contributed by atoms with Crippen molar-refractivity contribution in [2.45, 2.75) is 71.8 Å². The standard InChI is InChI=1S/C17H34N2/c1-17(2,3)15-8-6-14(7-9-15)16(12-18)19-11-10-13-4-5-13/h13-16,19H,4-12,18H2,1-3H3. The third-order valence-corrected chi connectivity index (χ3v) is 5.48. The second kappa shape index (κ2) is 6.58. The first-order valence-electron chi connectivity index (χ1n) is 8.44. The van der Waals surface area contributed by atoms with Gasteiger partial charge in [-0.25, -0.2) is 0 Å². The summed E-state index contributed by atoms with van der Waals surface area (Å²) in [6, 6.07) is 0.569. The summed E-state index contributed by atoms with van der Waals surface area (Å²) in [5.74, 6) is 2.76. The molecule has 2 aliphatic carbocycles. The summed E-state index contributed by atoms with van der Waals surface area (Å²) in [5.41, 5.74) is 6.48. The van der Waals surface area contributed by atoms with Gasteiger partial charge in [0.25, 0.3) is 0 Å². The van der Waals surface area contributed by atoms with E-state index in [1.807, 2.05) is 0 Å². The molecular formula is C17H34N2. The lowest BCUT2D eigenvalue weighted by Gasteiger charge is -2.39. The number of nitrogens with one attached hydrogen (secondary N) is 1. The second-order valence-corrected chi connectivity index (χ2v) is 8.01. The van der Waals surface area contributed by atoms with Gasteiger partial charge in [0, 0.05) is 12.6 Å². The predicted octanol–water partition coefficient (Wildman–Crippen LogP) is 3.56. The SMILES string of the molecule is CC(C)(C)C1CCC(C(CN)NCCC2CC2)CC1. The van der Waals surface area contributed by atoms with Crippen LogP contribution in [-0.2, 0) is 0 Å². The Labute approximate surface area is 119 Å². The average Bonchev–Trinajstić information content (AvgIpc) is 3.18. The van der Waals surface area contributed by atoms with E-state index in [9.17, 15) is 0 Å². The highest BCUT2D eigenvalue weighted by atomic mass is 14.9. The molecule has 19 heavy (non-hydrogen) atoms. The molecule has 1 unspecified atom stereocenters. The first-order valence-corrected chi connectivity index (χ1v) is 8.44. The first kappa shape index (κ1) is 15.3. The highest BCUT2D eigenvalue weighted by Crippen LogP contribution is 2.40. The van der Waals surface area contributed by atoms with Crippen molar-refractivity contribution in [3.05, 3.63) is 0 Å². The summed E-state index contributed by atoms with van der Waals surface area (Å²) in [6.45, 7) is 9.19. The maximum Gasteiger partial charge on any atom is 0.0218 e. The van der Waals surface area contributed by atoms with Crippen molar-refractivity contribution in [3.63, 3.8) is 0 Å². The zero-order chi connectivity index (χ0) is 13.9. The lowest BCUT2D eigenvalue weighted by atomic mass is 9.68. The predicted molar refractivity (Wildman–Crippen MR) is 83.1 cm³/mol. The summed E-state index contributed by atoms with van der Waals surface area (Å²) < 4.78 is 0. The smallest absolute Gasteiger partial charge is 0.0218 e. The van der Waals surface area contributed by atoms with E-state index in [2.05, 4.69) is 26.1 Å². The van der Waals surface area contributed by atoms with Crippen molar-refractivity contribution in [3.8, 4) is 0 Å². The van der Waals surface area contributed by atoms with Crippen molar-refractivity contribution < 1.29 is 0 Å². The van der Waals surface area contributed by atoms with Crippen LogP contribution in [0.25, 0.3) is 0 Å². The molecule has 2 nitrogen and oxygen atoms in total. The summed E-state index contributed by atoms with van der Waals surface area (Å²) in [4.78, 5) is 0. The minimum absolute atomic E-state index is 0.489. The van der Waals surface area contributed by atoms with Gasteiger partial charge in [0.1, 0.15) is 0 Å². The van der Waals surface area contributed by atoms with Gasteiger partial charge in [0.05, 0.1) is 0 Å². The maximum atomic E-state index is 5.99. The van der Waals surface area contributed by atoms with Crippen LogP contribution in [-0.4, -0.2) is 19.1 Å². The Bertz CT molecular complexity index is 257. The lowest BCUT2D eigenvalue weighted by molar-refractivity contribution is 0.133. The van der Waals surface area contributed by atoms with Crippen LogP contribution in [0.3, 0.4) is 0 Å². The largest absolute Gasteiger partial charge is 0.329 e. The van der Waals surface area contributed by atoms with Gasteiger partial charge in [-0.2, -0.15) is 0 Å². The van der Waals surface area contributed by atoms with Crippen LogP contribution in [0.5, 0.6) is 0 Å². The molecule has 2 saturated carbocycles. The van der Waals surface area contributed by atoms with Crippen molar-refractivity contribution in [2.24, 2.45) is 28.9 Å². The van der Waals surface area contributed by atoms with Crippen molar-refractivity contribution >= 4 is 0 Å². The minimum Gasteiger partial charge on any atom is -0.329 e. The Hall–Kier alpha value is -0.0800. The average molecular weight is 266 g/mol. The van der Waals surface area contributed by atoms with Gasteiger partial charge < -0.3 is 11.1 Å². The van der Waals surface area contributed by atoms with Crippen LogP contribution in [0.2, 0.25) is 0 Å². The van der Waals surface area contributed by atoms with Gasteiger partial charge in [-0.05, 0) is 61.8 Å². The van der Waals surface area contributed by atoms with Gasteiger partial charge in [-0.1, -0.05) is 33.6 Å². The van der Waals surface area contributed by atoms with Crippen LogP contribution in [0, 0.1) is 23.2 Å². The molecule has 2 fully saturated rings. The van der Waals surface area contributed by atoms with E-state index in [1.165, 1.54) is 51.5 Å². The van der Waals surface area contributed by atoms with E-state index >= 15 is 0 Å². The molecule has 2 rings (SSSR count).